The molecule has 7 heteroatoms. The first kappa shape index (κ1) is 17.6. The third-order valence-corrected chi connectivity index (χ3v) is 3.18. The van der Waals surface area contributed by atoms with Gasteiger partial charge >= 0.3 is 5.97 Å². The molecule has 0 saturated carbocycles. The number of esters is 1. The van der Waals surface area contributed by atoms with E-state index in [0.717, 1.165) is 5.56 Å². The molecule has 120 valence electrons. The average Bonchev–Trinajstić information content (AvgIpc) is 2.56. The predicted molar refractivity (Wildman–Crippen MR) is 80.6 cm³/mol. The van der Waals surface area contributed by atoms with Crippen LogP contribution in [0.1, 0.15) is 18.5 Å². The van der Waals surface area contributed by atoms with Gasteiger partial charge in [-0.15, -0.1) is 0 Å². The second-order valence-corrected chi connectivity index (χ2v) is 4.75. The van der Waals surface area contributed by atoms with Crippen LogP contribution in [-0.4, -0.2) is 38.0 Å². The molecule has 0 aromatic heterocycles. The fourth-order valence-corrected chi connectivity index (χ4v) is 1.95. The quantitative estimate of drug-likeness (QED) is 0.600. The molecule has 7 nitrogen and oxygen atoms in total. The van der Waals surface area contributed by atoms with Crippen LogP contribution in [0.25, 0.3) is 0 Å². The molecule has 0 bridgehead atoms. The van der Waals surface area contributed by atoms with Crippen LogP contribution in [0.5, 0.6) is 0 Å². The lowest BCUT2D eigenvalue weighted by Crippen LogP contribution is -2.43. The summed E-state index contributed by atoms with van der Waals surface area (Å²) >= 11 is 0. The maximum atomic E-state index is 11.9. The van der Waals surface area contributed by atoms with E-state index in [1.165, 1.54) is 7.11 Å². The SMILES string of the molecule is COC(=O)C(C)C(NC(=O)CNC(=O)CN)c1ccccc1. The summed E-state index contributed by atoms with van der Waals surface area (Å²) < 4.78 is 4.74. The summed E-state index contributed by atoms with van der Waals surface area (Å²) in [7, 11) is 1.30. The highest BCUT2D eigenvalue weighted by Gasteiger charge is 2.27. The van der Waals surface area contributed by atoms with Crippen molar-refractivity contribution in [2.75, 3.05) is 20.2 Å². The maximum absolute atomic E-state index is 11.9. The number of methoxy groups -OCH3 is 1. The summed E-state index contributed by atoms with van der Waals surface area (Å²) in [5.74, 6) is -1.83. The zero-order chi connectivity index (χ0) is 16.5. The first-order chi connectivity index (χ1) is 10.5. The first-order valence-corrected chi connectivity index (χ1v) is 6.88. The van der Waals surface area contributed by atoms with Gasteiger partial charge in [-0.25, -0.2) is 0 Å². The van der Waals surface area contributed by atoms with E-state index in [1.54, 1.807) is 6.92 Å². The molecule has 1 rings (SSSR count). The van der Waals surface area contributed by atoms with E-state index in [9.17, 15) is 14.4 Å². The highest BCUT2D eigenvalue weighted by molar-refractivity contribution is 5.86. The van der Waals surface area contributed by atoms with Crippen molar-refractivity contribution < 1.29 is 19.1 Å². The molecule has 0 fully saturated rings. The lowest BCUT2D eigenvalue weighted by Gasteiger charge is -2.24. The first-order valence-electron chi connectivity index (χ1n) is 6.88. The lowest BCUT2D eigenvalue weighted by molar-refractivity contribution is -0.146. The third kappa shape index (κ3) is 5.17. The Hall–Kier alpha value is -2.41. The highest BCUT2D eigenvalue weighted by atomic mass is 16.5. The number of amides is 2. The Balaban J connectivity index is 2.81. The highest BCUT2D eigenvalue weighted by Crippen LogP contribution is 2.22. The molecule has 0 aliphatic carbocycles. The van der Waals surface area contributed by atoms with Gasteiger partial charge in [-0.3, -0.25) is 14.4 Å². The molecule has 0 saturated heterocycles. The number of carbonyl (C=O) groups is 3. The van der Waals surface area contributed by atoms with Crippen LogP contribution in [0.4, 0.5) is 0 Å². The van der Waals surface area contributed by atoms with Crippen LogP contribution >= 0.6 is 0 Å². The maximum Gasteiger partial charge on any atom is 0.310 e. The topological polar surface area (TPSA) is 111 Å². The summed E-state index contributed by atoms with van der Waals surface area (Å²) in [6.45, 7) is 1.28. The van der Waals surface area contributed by atoms with Crippen molar-refractivity contribution >= 4 is 17.8 Å². The van der Waals surface area contributed by atoms with Gasteiger partial charge in [-0.1, -0.05) is 30.3 Å². The molecular weight excluding hydrogens is 286 g/mol. The number of ether oxygens (including phenoxy) is 1. The Morgan fingerprint density at radius 3 is 2.36 bits per heavy atom. The minimum absolute atomic E-state index is 0.187. The fourth-order valence-electron chi connectivity index (χ4n) is 1.95. The number of carbonyl (C=O) groups excluding carboxylic acids is 3. The van der Waals surface area contributed by atoms with Gasteiger partial charge in [0.05, 0.1) is 32.2 Å². The number of benzene rings is 1. The van der Waals surface area contributed by atoms with Crippen LogP contribution in [0, 0.1) is 5.92 Å². The van der Waals surface area contributed by atoms with Gasteiger partial charge < -0.3 is 21.1 Å². The third-order valence-electron chi connectivity index (χ3n) is 3.18. The molecule has 0 heterocycles. The lowest BCUT2D eigenvalue weighted by atomic mass is 9.94. The molecule has 4 N–H and O–H groups in total. The average molecular weight is 307 g/mol. The van der Waals surface area contributed by atoms with Crippen molar-refractivity contribution in [1.29, 1.82) is 0 Å². The Bertz CT molecular complexity index is 519. The summed E-state index contributed by atoms with van der Waals surface area (Å²) in [6, 6.07) is 8.54. The second-order valence-electron chi connectivity index (χ2n) is 4.75. The molecule has 2 unspecified atom stereocenters. The monoisotopic (exact) mass is 307 g/mol. The molecule has 0 radical (unpaired) electrons. The van der Waals surface area contributed by atoms with Crippen LogP contribution in [-0.2, 0) is 19.1 Å². The Morgan fingerprint density at radius 1 is 1.18 bits per heavy atom. The Kier molecular flexibility index (Phi) is 7.04. The van der Waals surface area contributed by atoms with Gasteiger partial charge in [0.15, 0.2) is 0 Å². The van der Waals surface area contributed by atoms with E-state index < -0.39 is 29.7 Å². The van der Waals surface area contributed by atoms with E-state index in [2.05, 4.69) is 10.6 Å². The summed E-state index contributed by atoms with van der Waals surface area (Å²) in [5.41, 5.74) is 5.93. The standard InChI is InChI=1S/C15H21N3O4/c1-10(15(21)22-2)14(11-6-4-3-5-7-11)18-13(20)9-17-12(19)8-16/h3-7,10,14H,8-9,16H2,1-2H3,(H,17,19)(H,18,20). The molecule has 2 atom stereocenters. The molecular formula is C15H21N3O4. The van der Waals surface area contributed by atoms with E-state index in [1.807, 2.05) is 30.3 Å². The van der Waals surface area contributed by atoms with Crippen molar-refractivity contribution in [1.82, 2.24) is 10.6 Å². The normalized spacial score (nSPS) is 12.9. The van der Waals surface area contributed by atoms with Crippen LogP contribution < -0.4 is 16.4 Å². The summed E-state index contributed by atoms with van der Waals surface area (Å²) in [6.07, 6.45) is 0. The number of rotatable bonds is 7. The number of hydrogen-bond donors (Lipinski definition) is 3. The van der Waals surface area contributed by atoms with Gasteiger partial charge in [0.25, 0.3) is 0 Å². The second kappa shape index (κ2) is 8.78. The minimum atomic E-state index is -0.568. The van der Waals surface area contributed by atoms with Crippen LogP contribution in [0.3, 0.4) is 0 Å². The smallest absolute Gasteiger partial charge is 0.310 e. The van der Waals surface area contributed by atoms with Crippen molar-refractivity contribution in [3.63, 3.8) is 0 Å². The summed E-state index contributed by atoms with van der Waals surface area (Å²) in [5, 5.41) is 5.11. The van der Waals surface area contributed by atoms with Crippen molar-refractivity contribution in [2.24, 2.45) is 11.7 Å². The zero-order valence-electron chi connectivity index (χ0n) is 12.7. The minimum Gasteiger partial charge on any atom is -0.469 e. The number of nitrogens with two attached hydrogens (primary N) is 1. The summed E-state index contributed by atoms with van der Waals surface area (Å²) in [4.78, 5) is 34.8. The molecule has 1 aromatic carbocycles. The molecule has 0 spiro atoms. The Morgan fingerprint density at radius 2 is 1.82 bits per heavy atom. The van der Waals surface area contributed by atoms with Gasteiger partial charge in [0, 0.05) is 0 Å². The number of hydrogen-bond acceptors (Lipinski definition) is 5. The van der Waals surface area contributed by atoms with Gasteiger partial charge in [0.1, 0.15) is 0 Å². The molecule has 22 heavy (non-hydrogen) atoms. The van der Waals surface area contributed by atoms with Crippen molar-refractivity contribution in [2.45, 2.75) is 13.0 Å². The zero-order valence-corrected chi connectivity index (χ0v) is 12.7. The molecule has 2 amide bonds. The molecule has 0 aliphatic heterocycles. The van der Waals surface area contributed by atoms with Gasteiger partial charge in [-0.2, -0.15) is 0 Å². The fraction of sp³-hybridized carbons (Fsp3) is 0.400. The van der Waals surface area contributed by atoms with Crippen molar-refractivity contribution in [3.8, 4) is 0 Å². The predicted octanol–water partition coefficient (Wildman–Crippen LogP) is -0.272. The largest absolute Gasteiger partial charge is 0.469 e. The molecule has 1 aromatic rings. The van der Waals surface area contributed by atoms with E-state index >= 15 is 0 Å². The van der Waals surface area contributed by atoms with Crippen LogP contribution in [0.2, 0.25) is 0 Å². The number of nitrogens with one attached hydrogen (secondary N) is 2. The van der Waals surface area contributed by atoms with E-state index in [0.29, 0.717) is 0 Å². The van der Waals surface area contributed by atoms with Crippen LogP contribution in [0.15, 0.2) is 30.3 Å². The van der Waals surface area contributed by atoms with Gasteiger partial charge in [0.2, 0.25) is 11.8 Å². The molecule has 0 aliphatic rings. The van der Waals surface area contributed by atoms with Gasteiger partial charge in [-0.05, 0) is 12.5 Å². The van der Waals surface area contributed by atoms with E-state index in [-0.39, 0.29) is 13.1 Å². The van der Waals surface area contributed by atoms with E-state index in [4.69, 9.17) is 10.5 Å². The van der Waals surface area contributed by atoms with Crippen molar-refractivity contribution in [3.05, 3.63) is 35.9 Å². The Labute approximate surface area is 129 Å².